The van der Waals surface area contributed by atoms with Crippen LogP contribution in [0.1, 0.15) is 5.56 Å². The molecule has 5 N–H and O–H groups in total. The van der Waals surface area contributed by atoms with E-state index in [0.29, 0.717) is 0 Å². The zero-order chi connectivity index (χ0) is 19.3. The van der Waals surface area contributed by atoms with Gasteiger partial charge in [0.15, 0.2) is 0 Å². The van der Waals surface area contributed by atoms with Gasteiger partial charge in [0.05, 0.1) is 10.8 Å². The number of benzene rings is 2. The first-order chi connectivity index (χ1) is 12.2. The number of carbonyl (C=O) groups is 2. The molecule has 1 atom stereocenters. The average Bonchev–Trinajstić information content (AvgIpc) is 2.59. The lowest BCUT2D eigenvalue weighted by Gasteiger charge is -2.18. The van der Waals surface area contributed by atoms with Crippen molar-refractivity contribution in [3.05, 3.63) is 72.3 Å². The third-order valence-electron chi connectivity index (χ3n) is 3.77. The van der Waals surface area contributed by atoms with E-state index in [4.69, 9.17) is 10.9 Å². The van der Waals surface area contributed by atoms with Crippen molar-refractivity contribution in [3.63, 3.8) is 0 Å². The molecule has 0 radical (unpaired) electrons. The topological polar surface area (TPSA) is 132 Å². The lowest BCUT2D eigenvalue weighted by atomic mass is 9.91. The van der Waals surface area contributed by atoms with Crippen molar-refractivity contribution in [2.75, 3.05) is 5.32 Å². The Morgan fingerprint density at radius 1 is 1.08 bits per heavy atom. The van der Waals surface area contributed by atoms with E-state index < -0.39 is 27.8 Å². The molecular formula is C18H19N3O4S. The summed E-state index contributed by atoms with van der Waals surface area (Å²) in [5.41, 5.74) is 6.32. The van der Waals surface area contributed by atoms with Crippen molar-refractivity contribution in [1.82, 2.24) is 0 Å². The first kappa shape index (κ1) is 19.4. The lowest BCUT2D eigenvalue weighted by molar-refractivity contribution is -0.122. The van der Waals surface area contributed by atoms with Crippen molar-refractivity contribution in [2.24, 2.45) is 16.8 Å². The average molecular weight is 373 g/mol. The highest BCUT2D eigenvalue weighted by Gasteiger charge is 2.25. The Labute approximate surface area is 151 Å². The molecule has 0 spiro atoms. The van der Waals surface area contributed by atoms with Crippen LogP contribution in [0.25, 0.3) is 0 Å². The molecule has 8 heteroatoms. The van der Waals surface area contributed by atoms with Gasteiger partial charge in [-0.25, -0.2) is 13.6 Å². The van der Waals surface area contributed by atoms with Crippen LogP contribution in [0.2, 0.25) is 0 Å². The Morgan fingerprint density at radius 3 is 2.31 bits per heavy atom. The number of amides is 2. The second kappa shape index (κ2) is 7.94. The van der Waals surface area contributed by atoms with Crippen LogP contribution < -0.4 is 16.2 Å². The van der Waals surface area contributed by atoms with Crippen LogP contribution in [0.5, 0.6) is 0 Å². The van der Waals surface area contributed by atoms with Gasteiger partial charge in [-0.1, -0.05) is 43.0 Å². The van der Waals surface area contributed by atoms with Gasteiger partial charge in [-0.15, -0.1) is 0 Å². The SMILES string of the molecule is C=C(C(N)=O)[C@H](Cc1ccccc1)C(=O)Nc1cccc(S(N)(=O)=O)c1. The number of nitrogens with two attached hydrogens (primary N) is 2. The molecule has 2 rings (SSSR count). The van der Waals surface area contributed by atoms with E-state index in [0.717, 1.165) is 5.56 Å². The molecule has 136 valence electrons. The largest absolute Gasteiger partial charge is 0.366 e. The molecule has 2 aromatic carbocycles. The number of nitrogens with one attached hydrogen (secondary N) is 1. The van der Waals surface area contributed by atoms with E-state index in [1.807, 2.05) is 30.3 Å². The Kier molecular flexibility index (Phi) is 5.91. The third-order valence-corrected chi connectivity index (χ3v) is 4.68. The van der Waals surface area contributed by atoms with Crippen LogP contribution in [-0.2, 0) is 26.0 Å². The predicted molar refractivity (Wildman–Crippen MR) is 98.4 cm³/mol. The Balaban J connectivity index is 2.26. The van der Waals surface area contributed by atoms with E-state index in [1.54, 1.807) is 0 Å². The normalized spacial score (nSPS) is 12.2. The van der Waals surface area contributed by atoms with Gasteiger partial charge >= 0.3 is 0 Å². The summed E-state index contributed by atoms with van der Waals surface area (Å²) in [6.45, 7) is 3.62. The molecule has 2 amide bonds. The fourth-order valence-corrected chi connectivity index (χ4v) is 2.94. The molecule has 0 aliphatic heterocycles. The summed E-state index contributed by atoms with van der Waals surface area (Å²) in [6.07, 6.45) is 0.226. The summed E-state index contributed by atoms with van der Waals surface area (Å²) in [4.78, 5) is 24.0. The number of primary sulfonamides is 1. The first-order valence-electron chi connectivity index (χ1n) is 7.64. The van der Waals surface area contributed by atoms with Gasteiger partial charge in [-0.05, 0) is 30.2 Å². The van der Waals surface area contributed by atoms with E-state index in [9.17, 15) is 18.0 Å². The van der Waals surface area contributed by atoms with Crippen molar-refractivity contribution < 1.29 is 18.0 Å². The number of hydrogen-bond acceptors (Lipinski definition) is 4. The molecule has 0 saturated heterocycles. The van der Waals surface area contributed by atoms with E-state index in [-0.39, 0.29) is 22.6 Å². The van der Waals surface area contributed by atoms with Gasteiger partial charge in [-0.3, -0.25) is 9.59 Å². The highest BCUT2D eigenvalue weighted by atomic mass is 32.2. The molecule has 0 aromatic heterocycles. The Bertz CT molecular complexity index is 940. The van der Waals surface area contributed by atoms with E-state index in [2.05, 4.69) is 11.9 Å². The van der Waals surface area contributed by atoms with Crippen molar-refractivity contribution in [1.29, 1.82) is 0 Å². The van der Waals surface area contributed by atoms with E-state index >= 15 is 0 Å². The van der Waals surface area contributed by atoms with Crippen LogP contribution in [0.3, 0.4) is 0 Å². The smallest absolute Gasteiger partial charge is 0.244 e. The maximum atomic E-state index is 12.7. The first-order valence-corrected chi connectivity index (χ1v) is 9.19. The van der Waals surface area contributed by atoms with Gasteiger partial charge in [-0.2, -0.15) is 0 Å². The van der Waals surface area contributed by atoms with Crippen molar-refractivity contribution in [2.45, 2.75) is 11.3 Å². The zero-order valence-corrected chi connectivity index (χ0v) is 14.7. The van der Waals surface area contributed by atoms with E-state index in [1.165, 1.54) is 24.3 Å². The molecule has 26 heavy (non-hydrogen) atoms. The molecule has 0 aliphatic carbocycles. The van der Waals surface area contributed by atoms with Crippen LogP contribution in [0, 0.1) is 5.92 Å². The lowest BCUT2D eigenvalue weighted by Crippen LogP contribution is -2.31. The maximum Gasteiger partial charge on any atom is 0.244 e. The highest BCUT2D eigenvalue weighted by Crippen LogP contribution is 2.20. The molecule has 0 heterocycles. The third kappa shape index (κ3) is 5.01. The second-order valence-corrected chi connectivity index (χ2v) is 7.26. The minimum atomic E-state index is -3.90. The van der Waals surface area contributed by atoms with Crippen LogP contribution in [0.15, 0.2) is 71.6 Å². The van der Waals surface area contributed by atoms with Gasteiger partial charge in [0, 0.05) is 11.3 Å². The van der Waals surface area contributed by atoms with Crippen LogP contribution in [0.4, 0.5) is 5.69 Å². The fraction of sp³-hybridized carbons (Fsp3) is 0.111. The number of hydrogen-bond donors (Lipinski definition) is 3. The summed E-state index contributed by atoms with van der Waals surface area (Å²) < 4.78 is 22.9. The fourth-order valence-electron chi connectivity index (χ4n) is 2.38. The molecule has 0 bridgehead atoms. The molecule has 0 saturated carbocycles. The zero-order valence-electron chi connectivity index (χ0n) is 13.9. The standard InChI is InChI=1S/C18H19N3O4S/c1-12(17(19)22)16(10-13-6-3-2-4-7-13)18(23)21-14-8-5-9-15(11-14)26(20,24)25/h2-9,11,16H,1,10H2,(H2,19,22)(H,21,23)(H2,20,24,25)/t16-/m0/s1. The summed E-state index contributed by atoms with van der Waals surface area (Å²) in [7, 11) is -3.90. The Hall–Kier alpha value is -2.97. The maximum absolute atomic E-state index is 12.7. The molecule has 2 aromatic rings. The molecule has 7 nitrogen and oxygen atoms in total. The highest BCUT2D eigenvalue weighted by molar-refractivity contribution is 7.89. The minimum absolute atomic E-state index is 0.0334. The quantitative estimate of drug-likeness (QED) is 0.628. The van der Waals surface area contributed by atoms with Crippen molar-refractivity contribution in [3.8, 4) is 0 Å². The molecule has 0 aliphatic rings. The monoisotopic (exact) mass is 373 g/mol. The number of carbonyl (C=O) groups excluding carboxylic acids is 2. The number of primary amides is 1. The van der Waals surface area contributed by atoms with Gasteiger partial charge in [0.1, 0.15) is 0 Å². The summed E-state index contributed by atoms with van der Waals surface area (Å²) in [6, 6.07) is 14.6. The number of sulfonamides is 1. The summed E-state index contributed by atoms with van der Waals surface area (Å²) in [5.74, 6) is -2.20. The molecule has 0 fully saturated rings. The summed E-state index contributed by atoms with van der Waals surface area (Å²) in [5, 5.41) is 7.67. The van der Waals surface area contributed by atoms with Crippen LogP contribution in [-0.4, -0.2) is 20.2 Å². The number of anilines is 1. The Morgan fingerprint density at radius 2 is 1.73 bits per heavy atom. The van der Waals surface area contributed by atoms with Crippen molar-refractivity contribution >= 4 is 27.5 Å². The van der Waals surface area contributed by atoms with Gasteiger partial charge in [0.2, 0.25) is 21.8 Å². The number of rotatable bonds is 7. The predicted octanol–water partition coefficient (Wildman–Crippen LogP) is 1.17. The minimum Gasteiger partial charge on any atom is -0.366 e. The second-order valence-electron chi connectivity index (χ2n) is 5.69. The van der Waals surface area contributed by atoms with Gasteiger partial charge in [0.25, 0.3) is 0 Å². The van der Waals surface area contributed by atoms with Crippen LogP contribution >= 0.6 is 0 Å². The molecular weight excluding hydrogens is 354 g/mol. The van der Waals surface area contributed by atoms with Gasteiger partial charge < -0.3 is 11.1 Å². The summed E-state index contributed by atoms with van der Waals surface area (Å²) >= 11 is 0. The molecule has 0 unspecified atom stereocenters.